The number of carbonyl (C=O) groups is 2. The predicted molar refractivity (Wildman–Crippen MR) is 114 cm³/mol. The zero-order valence-electron chi connectivity index (χ0n) is 17.4. The molecule has 3 aliphatic heterocycles. The van der Waals surface area contributed by atoms with Crippen molar-refractivity contribution >= 4 is 12.0 Å². The monoisotopic (exact) mass is 421 g/mol. The minimum absolute atomic E-state index is 0.00362. The Morgan fingerprint density at radius 3 is 2.29 bits per heavy atom. The van der Waals surface area contributed by atoms with Crippen molar-refractivity contribution in [3.8, 4) is 0 Å². The molecule has 3 aliphatic rings. The molecule has 7 heteroatoms. The lowest BCUT2D eigenvalue weighted by molar-refractivity contribution is -0.140. The van der Waals surface area contributed by atoms with Crippen molar-refractivity contribution in [1.82, 2.24) is 14.7 Å². The van der Waals surface area contributed by atoms with E-state index in [1.54, 1.807) is 0 Å². The van der Waals surface area contributed by atoms with E-state index in [2.05, 4.69) is 17.0 Å². The molecule has 0 spiro atoms. The Kier molecular flexibility index (Phi) is 5.38. The quantitative estimate of drug-likeness (QED) is 0.825. The molecule has 1 saturated heterocycles. The van der Waals surface area contributed by atoms with Gasteiger partial charge in [-0.05, 0) is 28.7 Å². The van der Waals surface area contributed by atoms with E-state index in [9.17, 15) is 14.7 Å². The highest BCUT2D eigenvalue weighted by Gasteiger charge is 2.43. The van der Waals surface area contributed by atoms with Gasteiger partial charge in [0.15, 0.2) is 0 Å². The number of hydrogen-bond donors (Lipinski definition) is 1. The lowest BCUT2D eigenvalue weighted by atomic mass is 9.92. The Balaban J connectivity index is 1.47. The molecular weight excluding hydrogens is 394 g/mol. The first-order valence-corrected chi connectivity index (χ1v) is 10.9. The molecule has 0 aliphatic carbocycles. The summed E-state index contributed by atoms with van der Waals surface area (Å²) >= 11 is 0. The van der Waals surface area contributed by atoms with Gasteiger partial charge in [0, 0.05) is 32.2 Å². The Morgan fingerprint density at radius 2 is 1.55 bits per heavy atom. The van der Waals surface area contributed by atoms with Crippen LogP contribution in [0, 0.1) is 0 Å². The van der Waals surface area contributed by atoms with Crippen molar-refractivity contribution in [3.63, 3.8) is 0 Å². The van der Waals surface area contributed by atoms with E-state index < -0.39 is 12.1 Å². The molecule has 3 heterocycles. The molecule has 2 aromatic rings. The summed E-state index contributed by atoms with van der Waals surface area (Å²) < 4.78 is 5.49. The van der Waals surface area contributed by atoms with Gasteiger partial charge in [0.25, 0.3) is 5.91 Å². The molecule has 2 aromatic carbocycles. The third-order valence-electron chi connectivity index (χ3n) is 6.69. The summed E-state index contributed by atoms with van der Waals surface area (Å²) in [5, 5.41) is 9.82. The zero-order valence-corrected chi connectivity index (χ0v) is 17.4. The zero-order chi connectivity index (χ0) is 21.4. The van der Waals surface area contributed by atoms with Gasteiger partial charge in [-0.15, -0.1) is 0 Å². The van der Waals surface area contributed by atoms with Crippen LogP contribution >= 0.6 is 0 Å². The molecule has 31 heavy (non-hydrogen) atoms. The molecule has 2 atom stereocenters. The molecular formula is C24H27N3O4. The maximum atomic E-state index is 13.9. The summed E-state index contributed by atoms with van der Waals surface area (Å²) in [5.74, 6) is -0.125. The summed E-state index contributed by atoms with van der Waals surface area (Å²) in [6.45, 7) is 4.66. The number of morpholine rings is 1. The van der Waals surface area contributed by atoms with Gasteiger partial charge in [0.1, 0.15) is 6.04 Å². The molecule has 1 N–H and O–H groups in total. The van der Waals surface area contributed by atoms with E-state index >= 15 is 0 Å². The van der Waals surface area contributed by atoms with E-state index in [1.165, 1.54) is 10.5 Å². The van der Waals surface area contributed by atoms with Gasteiger partial charge in [-0.1, -0.05) is 48.5 Å². The number of rotatable bonds is 3. The average Bonchev–Trinajstić information content (AvgIpc) is 3.19. The molecule has 5 rings (SSSR count). The van der Waals surface area contributed by atoms with Crippen molar-refractivity contribution in [1.29, 1.82) is 0 Å². The molecule has 0 saturated carbocycles. The predicted octanol–water partition coefficient (Wildman–Crippen LogP) is 2.51. The SMILES string of the molecule is O=C(O)N1Cc2ccccc2C1C(=O)N1Cc2ccccc2C[C@H]1CN1CCOCC1. The number of nitrogens with zero attached hydrogens (tertiary/aromatic N) is 3. The lowest BCUT2D eigenvalue weighted by Gasteiger charge is -2.42. The fourth-order valence-corrected chi connectivity index (χ4v) is 5.08. The van der Waals surface area contributed by atoms with Gasteiger partial charge in [-0.3, -0.25) is 14.6 Å². The topological polar surface area (TPSA) is 73.3 Å². The number of ether oxygens (including phenoxy) is 1. The van der Waals surface area contributed by atoms with Crippen molar-refractivity contribution in [2.75, 3.05) is 32.8 Å². The molecule has 1 unspecified atom stereocenters. The fourth-order valence-electron chi connectivity index (χ4n) is 5.08. The number of hydrogen-bond acceptors (Lipinski definition) is 4. The first-order valence-electron chi connectivity index (χ1n) is 10.9. The van der Waals surface area contributed by atoms with Crippen molar-refractivity contribution in [2.24, 2.45) is 0 Å². The van der Waals surface area contributed by atoms with E-state index in [1.807, 2.05) is 41.3 Å². The van der Waals surface area contributed by atoms with Crippen LogP contribution in [0.15, 0.2) is 48.5 Å². The van der Waals surface area contributed by atoms with Gasteiger partial charge in [-0.2, -0.15) is 0 Å². The summed E-state index contributed by atoms with van der Waals surface area (Å²) in [5.41, 5.74) is 4.12. The van der Waals surface area contributed by atoms with Crippen LogP contribution in [-0.2, 0) is 29.0 Å². The van der Waals surface area contributed by atoms with Crippen molar-refractivity contribution in [2.45, 2.75) is 31.6 Å². The first-order chi connectivity index (χ1) is 15.1. The molecule has 162 valence electrons. The van der Waals surface area contributed by atoms with Crippen molar-refractivity contribution in [3.05, 3.63) is 70.8 Å². The van der Waals surface area contributed by atoms with Crippen LogP contribution in [0.1, 0.15) is 28.3 Å². The Morgan fingerprint density at radius 1 is 0.903 bits per heavy atom. The fraction of sp³-hybridized carbons (Fsp3) is 0.417. The minimum atomic E-state index is -1.06. The largest absolute Gasteiger partial charge is 0.465 e. The molecule has 7 nitrogen and oxygen atoms in total. The highest BCUT2D eigenvalue weighted by Crippen LogP contribution is 2.37. The standard InChI is InChI=1S/C24H27N3O4/c28-23(22-21-8-4-3-7-19(21)15-27(22)24(29)30)26-14-18-6-2-1-5-17(18)13-20(26)16-25-9-11-31-12-10-25/h1-8,20,22H,9-16H2,(H,29,30)/t20-,22?/m0/s1. The highest BCUT2D eigenvalue weighted by molar-refractivity contribution is 5.88. The third kappa shape index (κ3) is 3.79. The van der Waals surface area contributed by atoms with Crippen LogP contribution in [0.3, 0.4) is 0 Å². The maximum absolute atomic E-state index is 13.9. The summed E-state index contributed by atoms with van der Waals surface area (Å²) in [7, 11) is 0. The van der Waals surface area contributed by atoms with E-state index in [-0.39, 0.29) is 18.5 Å². The number of benzene rings is 2. The molecule has 2 amide bonds. The van der Waals surface area contributed by atoms with Gasteiger partial charge in [0.05, 0.1) is 19.8 Å². The number of carbonyl (C=O) groups excluding carboxylic acids is 1. The maximum Gasteiger partial charge on any atom is 0.408 e. The van der Waals surface area contributed by atoms with Crippen LogP contribution in [0.2, 0.25) is 0 Å². The van der Waals surface area contributed by atoms with Gasteiger partial charge in [0.2, 0.25) is 0 Å². The average molecular weight is 421 g/mol. The van der Waals surface area contributed by atoms with E-state index in [4.69, 9.17) is 4.74 Å². The molecule has 0 bridgehead atoms. The van der Waals surface area contributed by atoms with Crippen LogP contribution in [0.25, 0.3) is 0 Å². The smallest absolute Gasteiger partial charge is 0.408 e. The summed E-state index contributed by atoms with van der Waals surface area (Å²) in [4.78, 5) is 31.5. The Bertz CT molecular complexity index is 988. The lowest BCUT2D eigenvalue weighted by Crippen LogP contribution is -2.54. The normalized spacial score (nSPS) is 23.4. The number of amides is 2. The van der Waals surface area contributed by atoms with Crippen LogP contribution in [0.5, 0.6) is 0 Å². The van der Waals surface area contributed by atoms with E-state index in [0.29, 0.717) is 19.8 Å². The second-order valence-electron chi connectivity index (χ2n) is 8.52. The van der Waals surface area contributed by atoms with Gasteiger partial charge in [-0.25, -0.2) is 4.79 Å². The van der Waals surface area contributed by atoms with E-state index in [0.717, 1.165) is 42.7 Å². The molecule has 1 fully saturated rings. The van der Waals surface area contributed by atoms with Crippen LogP contribution in [-0.4, -0.2) is 70.7 Å². The second-order valence-corrected chi connectivity index (χ2v) is 8.52. The Hall–Kier alpha value is -2.90. The molecule has 0 aromatic heterocycles. The highest BCUT2D eigenvalue weighted by atomic mass is 16.5. The Labute approximate surface area is 181 Å². The third-order valence-corrected chi connectivity index (χ3v) is 6.69. The minimum Gasteiger partial charge on any atom is -0.465 e. The van der Waals surface area contributed by atoms with Gasteiger partial charge >= 0.3 is 6.09 Å². The van der Waals surface area contributed by atoms with Crippen molar-refractivity contribution < 1.29 is 19.4 Å². The number of carboxylic acid groups (broad SMARTS) is 1. The van der Waals surface area contributed by atoms with Crippen LogP contribution < -0.4 is 0 Å². The summed E-state index contributed by atoms with van der Waals surface area (Å²) in [6, 6.07) is 15.0. The first kappa shape index (κ1) is 20.0. The number of fused-ring (bicyclic) bond motifs is 2. The van der Waals surface area contributed by atoms with Crippen LogP contribution in [0.4, 0.5) is 4.79 Å². The van der Waals surface area contributed by atoms with Gasteiger partial charge < -0.3 is 14.7 Å². The summed E-state index contributed by atoms with van der Waals surface area (Å²) in [6.07, 6.45) is -0.280. The second kappa shape index (κ2) is 8.32. The molecule has 0 radical (unpaired) electrons.